The van der Waals surface area contributed by atoms with E-state index >= 15 is 0 Å². The SMILES string of the molecule is CCOc1cc(/C=C2/SC(=S)N(n3c(C)ccc3C)C2=O)ccc1OC(C)C. The van der Waals surface area contributed by atoms with Gasteiger partial charge in [-0.2, -0.15) is 5.01 Å². The lowest BCUT2D eigenvalue weighted by Crippen LogP contribution is -2.39. The third-order valence-electron chi connectivity index (χ3n) is 4.14. The molecular weight excluding hydrogens is 392 g/mol. The van der Waals surface area contributed by atoms with E-state index in [2.05, 4.69) is 0 Å². The number of ether oxygens (including phenoxy) is 2. The van der Waals surface area contributed by atoms with Crippen LogP contribution in [0.4, 0.5) is 0 Å². The molecule has 0 bridgehead atoms. The highest BCUT2D eigenvalue weighted by molar-refractivity contribution is 8.27. The van der Waals surface area contributed by atoms with E-state index in [-0.39, 0.29) is 12.0 Å². The number of nitrogens with zero attached hydrogens (tertiary/aromatic N) is 2. The lowest BCUT2D eigenvalue weighted by atomic mass is 10.2. The zero-order chi connectivity index (χ0) is 20.4. The molecule has 1 aliphatic heterocycles. The average Bonchev–Trinajstić information content (AvgIpc) is 3.08. The minimum atomic E-state index is -0.127. The first-order chi connectivity index (χ1) is 13.3. The second-order valence-corrected chi connectivity index (χ2v) is 8.40. The Labute approximate surface area is 175 Å². The van der Waals surface area contributed by atoms with Crippen LogP contribution in [0.1, 0.15) is 37.7 Å². The maximum absolute atomic E-state index is 13.0. The fourth-order valence-corrected chi connectivity index (χ4v) is 4.24. The Balaban J connectivity index is 1.92. The van der Waals surface area contributed by atoms with Crippen LogP contribution >= 0.6 is 24.0 Å². The van der Waals surface area contributed by atoms with Gasteiger partial charge in [-0.05, 0) is 82.7 Å². The molecule has 1 aliphatic rings. The Kier molecular flexibility index (Phi) is 6.15. The van der Waals surface area contributed by atoms with Crippen LogP contribution in [0.5, 0.6) is 11.5 Å². The number of thioether (sulfide) groups is 1. The van der Waals surface area contributed by atoms with Crippen molar-refractivity contribution >= 4 is 40.3 Å². The van der Waals surface area contributed by atoms with E-state index in [1.807, 2.05) is 75.7 Å². The third-order valence-corrected chi connectivity index (χ3v) is 5.42. The van der Waals surface area contributed by atoms with Crippen molar-refractivity contribution < 1.29 is 14.3 Å². The lowest BCUT2D eigenvalue weighted by Gasteiger charge is -2.20. The summed E-state index contributed by atoms with van der Waals surface area (Å²) in [5.74, 6) is 1.23. The molecule has 0 aliphatic carbocycles. The lowest BCUT2D eigenvalue weighted by molar-refractivity contribution is -0.114. The number of rotatable bonds is 6. The summed E-state index contributed by atoms with van der Waals surface area (Å²) in [6.45, 7) is 10.3. The molecule has 1 aromatic carbocycles. The summed E-state index contributed by atoms with van der Waals surface area (Å²) < 4.78 is 13.9. The van der Waals surface area contributed by atoms with Crippen LogP contribution in [-0.4, -0.2) is 27.6 Å². The minimum absolute atomic E-state index is 0.0503. The van der Waals surface area contributed by atoms with Gasteiger partial charge in [0.2, 0.25) is 0 Å². The molecule has 0 radical (unpaired) electrons. The number of hydrogen-bond donors (Lipinski definition) is 0. The largest absolute Gasteiger partial charge is 0.490 e. The van der Waals surface area contributed by atoms with E-state index in [4.69, 9.17) is 21.7 Å². The highest BCUT2D eigenvalue weighted by Gasteiger charge is 2.34. The van der Waals surface area contributed by atoms with Crippen molar-refractivity contribution in [2.24, 2.45) is 0 Å². The van der Waals surface area contributed by atoms with Crippen LogP contribution in [0.25, 0.3) is 6.08 Å². The third kappa shape index (κ3) is 4.10. The van der Waals surface area contributed by atoms with E-state index in [1.165, 1.54) is 11.8 Å². The van der Waals surface area contributed by atoms with Gasteiger partial charge in [-0.25, -0.2) is 0 Å². The number of aromatic nitrogens is 1. The Bertz CT molecular complexity index is 928. The first kappa shape index (κ1) is 20.5. The van der Waals surface area contributed by atoms with Crippen LogP contribution in [0.15, 0.2) is 35.2 Å². The molecular formula is C21H24N2O3S2. The van der Waals surface area contributed by atoms with Crippen molar-refractivity contribution in [1.29, 1.82) is 0 Å². The van der Waals surface area contributed by atoms with E-state index in [1.54, 1.807) is 5.01 Å². The van der Waals surface area contributed by atoms with Crippen LogP contribution in [-0.2, 0) is 4.79 Å². The smallest absolute Gasteiger partial charge is 0.285 e. The van der Waals surface area contributed by atoms with Crippen molar-refractivity contribution in [2.75, 3.05) is 11.6 Å². The Hall–Kier alpha value is -2.25. The summed E-state index contributed by atoms with van der Waals surface area (Å²) in [5, 5.41) is 1.55. The molecule has 1 aromatic heterocycles. The van der Waals surface area contributed by atoms with Gasteiger partial charge in [0.25, 0.3) is 5.91 Å². The second kappa shape index (κ2) is 8.41. The highest BCUT2D eigenvalue weighted by atomic mass is 32.2. The summed E-state index contributed by atoms with van der Waals surface area (Å²) in [6, 6.07) is 9.62. The van der Waals surface area contributed by atoms with E-state index < -0.39 is 0 Å². The van der Waals surface area contributed by atoms with Crippen LogP contribution in [0.2, 0.25) is 0 Å². The molecule has 2 heterocycles. The number of thiocarbonyl (C=S) groups is 1. The van der Waals surface area contributed by atoms with Gasteiger partial charge in [0, 0.05) is 11.4 Å². The molecule has 2 aromatic rings. The van der Waals surface area contributed by atoms with Crippen molar-refractivity contribution in [1.82, 2.24) is 4.68 Å². The molecule has 148 valence electrons. The second-order valence-electron chi connectivity index (χ2n) is 6.73. The first-order valence-electron chi connectivity index (χ1n) is 9.18. The summed E-state index contributed by atoms with van der Waals surface area (Å²) >= 11 is 6.78. The normalized spacial score (nSPS) is 15.8. The molecule has 1 saturated heterocycles. The molecule has 0 spiro atoms. The molecule has 0 N–H and O–H groups in total. The molecule has 3 rings (SSSR count). The summed E-state index contributed by atoms with van der Waals surface area (Å²) in [7, 11) is 0. The number of carbonyl (C=O) groups is 1. The number of carbonyl (C=O) groups excluding carboxylic acids is 1. The molecule has 1 amide bonds. The van der Waals surface area contributed by atoms with Crippen molar-refractivity contribution in [2.45, 2.75) is 40.7 Å². The topological polar surface area (TPSA) is 43.7 Å². The van der Waals surface area contributed by atoms with Gasteiger partial charge in [0.05, 0.1) is 17.6 Å². The van der Waals surface area contributed by atoms with Gasteiger partial charge >= 0.3 is 0 Å². The standard InChI is InChI=1S/C21H24N2O3S2/c1-6-25-18-11-16(9-10-17(18)26-13(2)3)12-19-20(24)23(21(27)28-19)22-14(4)7-8-15(22)5/h7-13H,6H2,1-5H3/b19-12+. The van der Waals surface area contributed by atoms with Crippen LogP contribution in [0, 0.1) is 13.8 Å². The molecule has 28 heavy (non-hydrogen) atoms. The molecule has 0 saturated carbocycles. The molecule has 0 atom stereocenters. The fraction of sp³-hybridized carbons (Fsp3) is 0.333. The van der Waals surface area contributed by atoms with Crippen molar-refractivity contribution in [3.63, 3.8) is 0 Å². The first-order valence-corrected chi connectivity index (χ1v) is 10.4. The van der Waals surface area contributed by atoms with E-state index in [0.717, 1.165) is 17.0 Å². The number of benzene rings is 1. The Morgan fingerprint density at radius 3 is 2.43 bits per heavy atom. The van der Waals surface area contributed by atoms with Crippen LogP contribution < -0.4 is 14.5 Å². The number of hydrogen-bond acceptors (Lipinski definition) is 5. The Morgan fingerprint density at radius 2 is 1.82 bits per heavy atom. The molecule has 0 unspecified atom stereocenters. The molecule has 7 heteroatoms. The summed E-state index contributed by atoms with van der Waals surface area (Å²) in [6.07, 6.45) is 1.89. The maximum Gasteiger partial charge on any atom is 0.285 e. The molecule has 1 fully saturated rings. The number of amides is 1. The number of aryl methyl sites for hydroxylation is 2. The van der Waals surface area contributed by atoms with Crippen molar-refractivity contribution in [3.8, 4) is 11.5 Å². The minimum Gasteiger partial charge on any atom is -0.490 e. The van der Waals surface area contributed by atoms with Gasteiger partial charge in [-0.1, -0.05) is 17.8 Å². The zero-order valence-corrected chi connectivity index (χ0v) is 18.3. The van der Waals surface area contributed by atoms with Gasteiger partial charge in [-0.15, -0.1) is 0 Å². The average molecular weight is 417 g/mol. The van der Waals surface area contributed by atoms with Gasteiger partial charge in [-0.3, -0.25) is 9.47 Å². The van der Waals surface area contributed by atoms with E-state index in [9.17, 15) is 4.79 Å². The van der Waals surface area contributed by atoms with Gasteiger partial charge < -0.3 is 9.47 Å². The molecule has 5 nitrogen and oxygen atoms in total. The summed E-state index contributed by atoms with van der Waals surface area (Å²) in [4.78, 5) is 13.6. The van der Waals surface area contributed by atoms with Crippen LogP contribution in [0.3, 0.4) is 0 Å². The Morgan fingerprint density at radius 1 is 1.14 bits per heavy atom. The maximum atomic E-state index is 13.0. The van der Waals surface area contributed by atoms with E-state index in [0.29, 0.717) is 27.3 Å². The predicted octanol–water partition coefficient (Wildman–Crippen LogP) is 4.83. The van der Waals surface area contributed by atoms with Crippen molar-refractivity contribution in [3.05, 3.63) is 52.2 Å². The fourth-order valence-electron chi connectivity index (χ4n) is 2.99. The van der Waals surface area contributed by atoms with Gasteiger partial charge in [0.1, 0.15) is 0 Å². The zero-order valence-electron chi connectivity index (χ0n) is 16.7. The quantitative estimate of drug-likeness (QED) is 0.499. The monoisotopic (exact) mass is 416 g/mol. The van der Waals surface area contributed by atoms with Gasteiger partial charge in [0.15, 0.2) is 15.8 Å². The predicted molar refractivity (Wildman–Crippen MR) is 119 cm³/mol. The summed E-state index contributed by atoms with van der Waals surface area (Å²) in [5.41, 5.74) is 2.79. The highest BCUT2D eigenvalue weighted by Crippen LogP contribution is 2.35.